The first-order valence-corrected chi connectivity index (χ1v) is 5.12. The van der Waals surface area contributed by atoms with E-state index < -0.39 is 25.0 Å². The zero-order chi connectivity index (χ0) is 13.7. The third-order valence-corrected chi connectivity index (χ3v) is 2.03. The molecule has 18 heavy (non-hydrogen) atoms. The average Bonchev–Trinajstić information content (AvgIpc) is 2.27. The number of carbonyl (C=O) groups excluding carboxylic acids is 3. The predicted octanol–water partition coefficient (Wildman–Crippen LogP) is 0.347. The summed E-state index contributed by atoms with van der Waals surface area (Å²) >= 11 is 0. The summed E-state index contributed by atoms with van der Waals surface area (Å²) < 4.78 is 8.31. The Morgan fingerprint density at radius 1 is 1.11 bits per heavy atom. The van der Waals surface area contributed by atoms with Gasteiger partial charge in [-0.3, -0.25) is 4.79 Å². The number of hydrogen-bond donors (Lipinski definition) is 1. The molecule has 1 N–H and O–H groups in total. The fourth-order valence-electron chi connectivity index (χ4n) is 1.17. The molecule has 0 unspecified atom stereocenters. The Hall–Kier alpha value is -2.15. The standard InChI is InChI=1S/C11H11BO6/c1-7(13)17-11(15)18-10(14)8-3-5-9(6-4-8)12(2)16/h3-6,16H,1-2H3. The van der Waals surface area contributed by atoms with Gasteiger partial charge in [0.2, 0.25) is 0 Å². The van der Waals surface area contributed by atoms with Crippen molar-refractivity contribution in [3.05, 3.63) is 29.8 Å². The summed E-state index contributed by atoms with van der Waals surface area (Å²) in [4.78, 5) is 32.7. The molecule has 0 bridgehead atoms. The molecule has 0 amide bonds. The summed E-state index contributed by atoms with van der Waals surface area (Å²) in [5.41, 5.74) is 0.734. The third kappa shape index (κ3) is 4.02. The molecule has 0 saturated carbocycles. The van der Waals surface area contributed by atoms with Crippen molar-refractivity contribution in [1.82, 2.24) is 0 Å². The lowest BCUT2D eigenvalue weighted by Gasteiger charge is -2.04. The molecular formula is C11H11BO6. The summed E-state index contributed by atoms with van der Waals surface area (Å²) in [5, 5.41) is 9.27. The van der Waals surface area contributed by atoms with Crippen LogP contribution in [0.5, 0.6) is 0 Å². The molecule has 0 aliphatic heterocycles. The van der Waals surface area contributed by atoms with Crippen LogP contribution < -0.4 is 5.46 Å². The van der Waals surface area contributed by atoms with Crippen molar-refractivity contribution < 1.29 is 28.9 Å². The van der Waals surface area contributed by atoms with Gasteiger partial charge in [-0.25, -0.2) is 9.59 Å². The van der Waals surface area contributed by atoms with Gasteiger partial charge in [0.1, 0.15) is 0 Å². The quantitative estimate of drug-likeness (QED) is 0.462. The van der Waals surface area contributed by atoms with E-state index in [2.05, 4.69) is 9.47 Å². The Bertz CT molecular complexity index is 465. The Morgan fingerprint density at radius 2 is 1.67 bits per heavy atom. The van der Waals surface area contributed by atoms with Crippen molar-refractivity contribution in [3.63, 3.8) is 0 Å². The van der Waals surface area contributed by atoms with Crippen LogP contribution in [0, 0.1) is 0 Å². The van der Waals surface area contributed by atoms with Gasteiger partial charge >= 0.3 is 25.0 Å². The number of esters is 2. The Kier molecular flexibility index (Phi) is 4.62. The van der Waals surface area contributed by atoms with Gasteiger partial charge in [-0.1, -0.05) is 19.0 Å². The topological polar surface area (TPSA) is 89.9 Å². The third-order valence-electron chi connectivity index (χ3n) is 2.03. The van der Waals surface area contributed by atoms with Crippen LogP contribution in [0.3, 0.4) is 0 Å². The van der Waals surface area contributed by atoms with Crippen LogP contribution in [0.25, 0.3) is 0 Å². The number of ether oxygens (including phenoxy) is 2. The molecule has 0 heterocycles. The largest absolute Gasteiger partial charge is 0.524 e. The average molecular weight is 250 g/mol. The zero-order valence-electron chi connectivity index (χ0n) is 9.88. The van der Waals surface area contributed by atoms with Crippen molar-refractivity contribution in [2.75, 3.05) is 0 Å². The maximum absolute atomic E-state index is 11.4. The highest BCUT2D eigenvalue weighted by Crippen LogP contribution is 2.02. The molecule has 7 heteroatoms. The van der Waals surface area contributed by atoms with E-state index in [0.29, 0.717) is 5.46 Å². The lowest BCUT2D eigenvalue weighted by Crippen LogP contribution is -2.26. The molecule has 1 aromatic carbocycles. The molecule has 0 aliphatic rings. The normalized spacial score (nSPS) is 9.50. The lowest BCUT2D eigenvalue weighted by molar-refractivity contribution is -0.136. The smallest absolute Gasteiger partial charge is 0.447 e. The molecular weight excluding hydrogens is 239 g/mol. The van der Waals surface area contributed by atoms with Crippen LogP contribution in [-0.4, -0.2) is 30.0 Å². The van der Waals surface area contributed by atoms with Crippen molar-refractivity contribution >= 4 is 30.5 Å². The minimum atomic E-state index is -1.37. The van der Waals surface area contributed by atoms with E-state index in [1.165, 1.54) is 24.3 Å². The monoisotopic (exact) mass is 250 g/mol. The van der Waals surface area contributed by atoms with Gasteiger partial charge in [-0.15, -0.1) is 0 Å². The first-order chi connectivity index (χ1) is 8.40. The second-order valence-electron chi connectivity index (χ2n) is 3.53. The molecule has 0 aliphatic carbocycles. The van der Waals surface area contributed by atoms with E-state index in [9.17, 15) is 19.4 Å². The predicted molar refractivity (Wildman–Crippen MR) is 62.5 cm³/mol. The molecule has 94 valence electrons. The van der Waals surface area contributed by atoms with E-state index in [0.717, 1.165) is 6.92 Å². The molecule has 6 nitrogen and oxygen atoms in total. The lowest BCUT2D eigenvalue weighted by atomic mass is 9.64. The molecule has 1 aromatic rings. The van der Waals surface area contributed by atoms with Crippen LogP contribution in [0.1, 0.15) is 17.3 Å². The maximum Gasteiger partial charge on any atom is 0.524 e. The Balaban J connectivity index is 2.67. The Morgan fingerprint density at radius 3 is 2.11 bits per heavy atom. The van der Waals surface area contributed by atoms with Crippen molar-refractivity contribution in [3.8, 4) is 0 Å². The highest BCUT2D eigenvalue weighted by Gasteiger charge is 2.16. The van der Waals surface area contributed by atoms with E-state index in [4.69, 9.17) is 0 Å². The number of rotatable bonds is 2. The van der Waals surface area contributed by atoms with Gasteiger partial charge in [0.25, 0.3) is 0 Å². The summed E-state index contributed by atoms with van der Waals surface area (Å²) in [6.45, 7) is 1.94. The van der Waals surface area contributed by atoms with Crippen molar-refractivity contribution in [2.24, 2.45) is 0 Å². The van der Waals surface area contributed by atoms with Crippen LogP contribution in [0.2, 0.25) is 6.82 Å². The first-order valence-electron chi connectivity index (χ1n) is 5.12. The maximum atomic E-state index is 11.4. The van der Waals surface area contributed by atoms with Gasteiger partial charge in [0, 0.05) is 6.92 Å². The van der Waals surface area contributed by atoms with Gasteiger partial charge < -0.3 is 14.5 Å². The zero-order valence-corrected chi connectivity index (χ0v) is 9.88. The molecule has 0 aromatic heterocycles. The van der Waals surface area contributed by atoms with Gasteiger partial charge in [-0.2, -0.15) is 0 Å². The van der Waals surface area contributed by atoms with E-state index in [1.807, 2.05) is 0 Å². The number of carbonyl (C=O) groups is 3. The fourth-order valence-corrected chi connectivity index (χ4v) is 1.17. The van der Waals surface area contributed by atoms with E-state index >= 15 is 0 Å². The van der Waals surface area contributed by atoms with Crippen LogP contribution in [-0.2, 0) is 14.3 Å². The highest BCUT2D eigenvalue weighted by molar-refractivity contribution is 6.64. The number of benzene rings is 1. The van der Waals surface area contributed by atoms with E-state index in [-0.39, 0.29) is 5.56 Å². The molecule has 1 rings (SSSR count). The fraction of sp³-hybridized carbons (Fsp3) is 0.182. The van der Waals surface area contributed by atoms with Crippen molar-refractivity contribution in [2.45, 2.75) is 13.7 Å². The van der Waals surface area contributed by atoms with Crippen LogP contribution >= 0.6 is 0 Å². The van der Waals surface area contributed by atoms with E-state index in [1.54, 1.807) is 6.82 Å². The van der Waals surface area contributed by atoms with Crippen LogP contribution in [0.15, 0.2) is 24.3 Å². The molecule has 0 atom stereocenters. The van der Waals surface area contributed by atoms with Gasteiger partial charge in [0.15, 0.2) is 0 Å². The minimum Gasteiger partial charge on any atom is -0.447 e. The molecule has 0 spiro atoms. The molecule has 0 fully saturated rings. The van der Waals surface area contributed by atoms with Gasteiger partial charge in [-0.05, 0) is 17.6 Å². The minimum absolute atomic E-state index is 0.111. The number of hydrogen-bond acceptors (Lipinski definition) is 6. The summed E-state index contributed by atoms with van der Waals surface area (Å²) in [7, 11) is 0. The first kappa shape index (κ1) is 13.9. The second kappa shape index (κ2) is 5.97. The SMILES string of the molecule is CB(O)c1ccc(C(=O)OC(=O)OC(C)=O)cc1. The summed E-state index contributed by atoms with van der Waals surface area (Å²) in [6.07, 6.45) is -1.37. The van der Waals surface area contributed by atoms with Crippen molar-refractivity contribution in [1.29, 1.82) is 0 Å². The second-order valence-corrected chi connectivity index (χ2v) is 3.53. The highest BCUT2D eigenvalue weighted by atomic mass is 16.8. The van der Waals surface area contributed by atoms with Gasteiger partial charge in [0.05, 0.1) is 5.56 Å². The summed E-state index contributed by atoms with van der Waals surface area (Å²) in [5.74, 6) is -1.80. The summed E-state index contributed by atoms with van der Waals surface area (Å²) in [6, 6.07) is 5.84. The van der Waals surface area contributed by atoms with Crippen LogP contribution in [0.4, 0.5) is 4.79 Å². The Labute approximate surface area is 104 Å². The molecule has 0 radical (unpaired) electrons. The molecule has 0 saturated heterocycles.